The molecule has 11 heavy (non-hydrogen) atoms. The minimum Gasteiger partial charge on any atom is -0.310 e. The molecule has 0 aromatic rings. The molecule has 2 nitrogen and oxygen atoms in total. The van der Waals surface area contributed by atoms with Gasteiger partial charge in [0, 0.05) is 24.9 Å². The lowest BCUT2D eigenvalue weighted by atomic mass is 9.86. The van der Waals surface area contributed by atoms with Gasteiger partial charge in [-0.25, -0.2) is 0 Å². The van der Waals surface area contributed by atoms with Crippen molar-refractivity contribution in [1.82, 2.24) is 5.32 Å². The molecule has 0 aliphatic carbocycles. The summed E-state index contributed by atoms with van der Waals surface area (Å²) in [7, 11) is 0. The topological polar surface area (TPSA) is 29.1 Å². The Morgan fingerprint density at radius 2 is 1.73 bits per heavy atom. The van der Waals surface area contributed by atoms with Gasteiger partial charge in [-0.1, -0.05) is 6.42 Å². The van der Waals surface area contributed by atoms with Crippen molar-refractivity contribution < 1.29 is 4.79 Å². The van der Waals surface area contributed by atoms with Gasteiger partial charge in [0.1, 0.15) is 5.78 Å². The van der Waals surface area contributed by atoms with Crippen LogP contribution < -0.4 is 5.32 Å². The Morgan fingerprint density at radius 1 is 1.18 bits per heavy atom. The average molecular weight is 176 g/mol. The summed E-state index contributed by atoms with van der Waals surface area (Å²) >= 11 is 0. The molecule has 64 valence electrons. The first-order valence-electron chi connectivity index (χ1n) is 4.12. The van der Waals surface area contributed by atoms with E-state index in [9.17, 15) is 4.79 Å². The molecule has 0 saturated carbocycles. The zero-order valence-corrected chi connectivity index (χ0v) is 7.32. The fourth-order valence-corrected chi connectivity index (χ4v) is 2.07. The van der Waals surface area contributed by atoms with E-state index < -0.39 is 0 Å². The molecule has 2 aliphatic heterocycles. The van der Waals surface area contributed by atoms with Crippen molar-refractivity contribution in [3.8, 4) is 0 Å². The minimum atomic E-state index is 0. The van der Waals surface area contributed by atoms with Crippen molar-refractivity contribution in [2.75, 3.05) is 0 Å². The zero-order chi connectivity index (χ0) is 6.97. The van der Waals surface area contributed by atoms with Crippen LogP contribution in [0.25, 0.3) is 0 Å². The lowest BCUT2D eigenvalue weighted by Gasteiger charge is -2.34. The maximum atomic E-state index is 11.0. The Hall–Kier alpha value is -0.0800. The monoisotopic (exact) mass is 175 g/mol. The first-order chi connectivity index (χ1) is 4.84. The number of carbonyl (C=O) groups excluding carboxylic acids is 1. The summed E-state index contributed by atoms with van der Waals surface area (Å²) in [5.74, 6) is 0.466. The van der Waals surface area contributed by atoms with E-state index in [1.807, 2.05) is 0 Å². The average Bonchev–Trinajstić information content (AvgIpc) is 1.85. The van der Waals surface area contributed by atoms with Gasteiger partial charge in [-0.15, -0.1) is 12.4 Å². The molecule has 0 unspecified atom stereocenters. The van der Waals surface area contributed by atoms with Gasteiger partial charge >= 0.3 is 0 Å². The third-order valence-corrected chi connectivity index (χ3v) is 2.52. The van der Waals surface area contributed by atoms with Gasteiger partial charge in [0.05, 0.1) is 0 Å². The van der Waals surface area contributed by atoms with E-state index in [4.69, 9.17) is 0 Å². The number of piperidine rings is 2. The van der Waals surface area contributed by atoms with Crippen LogP contribution in [0.1, 0.15) is 32.1 Å². The van der Waals surface area contributed by atoms with E-state index in [0.29, 0.717) is 17.9 Å². The number of rotatable bonds is 0. The van der Waals surface area contributed by atoms with Gasteiger partial charge in [-0.3, -0.25) is 4.79 Å². The van der Waals surface area contributed by atoms with Gasteiger partial charge in [-0.2, -0.15) is 0 Å². The molecule has 2 heterocycles. The van der Waals surface area contributed by atoms with Crippen LogP contribution in [-0.2, 0) is 4.79 Å². The molecule has 2 rings (SSSR count). The van der Waals surface area contributed by atoms with E-state index in [1.165, 1.54) is 19.3 Å². The van der Waals surface area contributed by atoms with E-state index in [2.05, 4.69) is 5.32 Å². The van der Waals surface area contributed by atoms with Gasteiger partial charge in [0.2, 0.25) is 0 Å². The Kier molecular flexibility index (Phi) is 2.90. The second kappa shape index (κ2) is 3.55. The Morgan fingerprint density at radius 3 is 2.27 bits per heavy atom. The molecule has 2 fully saturated rings. The standard InChI is InChI=1S/C8H13NO.ClH/c10-8-4-6-2-1-3-7(5-8)9-6;/h6-7,9H,1-5H2;1H/t6-,7+;. The van der Waals surface area contributed by atoms with Crippen molar-refractivity contribution in [3.63, 3.8) is 0 Å². The second-order valence-corrected chi connectivity index (χ2v) is 3.44. The highest BCUT2D eigenvalue weighted by molar-refractivity contribution is 5.85. The van der Waals surface area contributed by atoms with Crippen molar-refractivity contribution >= 4 is 18.2 Å². The fraction of sp³-hybridized carbons (Fsp3) is 0.875. The predicted octanol–water partition coefficient (Wildman–Crippen LogP) is 1.28. The quantitative estimate of drug-likeness (QED) is 0.601. The fourth-order valence-electron chi connectivity index (χ4n) is 2.07. The summed E-state index contributed by atoms with van der Waals surface area (Å²) in [5.41, 5.74) is 0. The van der Waals surface area contributed by atoms with Crippen LogP contribution in [0.4, 0.5) is 0 Å². The van der Waals surface area contributed by atoms with Crippen molar-refractivity contribution in [2.24, 2.45) is 0 Å². The van der Waals surface area contributed by atoms with Crippen molar-refractivity contribution in [3.05, 3.63) is 0 Å². The number of Topliss-reactive ketones (excluding diaryl/α,β-unsaturated/α-hetero) is 1. The van der Waals surface area contributed by atoms with Crippen LogP contribution >= 0.6 is 12.4 Å². The molecular formula is C8H14ClNO. The second-order valence-electron chi connectivity index (χ2n) is 3.44. The third-order valence-electron chi connectivity index (χ3n) is 2.52. The first-order valence-corrected chi connectivity index (χ1v) is 4.12. The number of hydrogen-bond donors (Lipinski definition) is 1. The molecule has 0 aromatic carbocycles. The lowest BCUT2D eigenvalue weighted by molar-refractivity contribution is -0.122. The molecule has 2 atom stereocenters. The highest BCUT2D eigenvalue weighted by atomic mass is 35.5. The highest BCUT2D eigenvalue weighted by Gasteiger charge is 2.29. The Labute approximate surface area is 73.1 Å². The van der Waals surface area contributed by atoms with Crippen LogP contribution in [0.15, 0.2) is 0 Å². The molecule has 1 N–H and O–H groups in total. The molecule has 2 bridgehead atoms. The van der Waals surface area contributed by atoms with Crippen LogP contribution in [0.5, 0.6) is 0 Å². The van der Waals surface area contributed by atoms with E-state index >= 15 is 0 Å². The van der Waals surface area contributed by atoms with Crippen molar-refractivity contribution in [1.29, 1.82) is 0 Å². The summed E-state index contributed by atoms with van der Waals surface area (Å²) in [5, 5.41) is 3.46. The zero-order valence-electron chi connectivity index (χ0n) is 6.51. The van der Waals surface area contributed by atoms with Crippen LogP contribution in [0.3, 0.4) is 0 Å². The van der Waals surface area contributed by atoms with Gasteiger partial charge in [-0.05, 0) is 12.8 Å². The maximum Gasteiger partial charge on any atom is 0.136 e. The Balaban J connectivity index is 0.000000605. The van der Waals surface area contributed by atoms with Gasteiger partial charge < -0.3 is 5.32 Å². The molecule has 0 radical (unpaired) electrons. The largest absolute Gasteiger partial charge is 0.310 e. The van der Waals surface area contributed by atoms with Gasteiger partial charge in [0.15, 0.2) is 0 Å². The first kappa shape index (κ1) is 9.01. The number of halogens is 1. The summed E-state index contributed by atoms with van der Waals surface area (Å²) < 4.78 is 0. The number of carbonyl (C=O) groups is 1. The lowest BCUT2D eigenvalue weighted by Crippen LogP contribution is -2.48. The van der Waals surface area contributed by atoms with Crippen LogP contribution in [-0.4, -0.2) is 17.9 Å². The van der Waals surface area contributed by atoms with Crippen LogP contribution in [0.2, 0.25) is 0 Å². The number of fused-ring (bicyclic) bond motifs is 2. The van der Waals surface area contributed by atoms with E-state index in [0.717, 1.165) is 12.8 Å². The predicted molar refractivity (Wildman–Crippen MR) is 46.1 cm³/mol. The maximum absolute atomic E-state index is 11.0. The van der Waals surface area contributed by atoms with Crippen molar-refractivity contribution in [2.45, 2.75) is 44.2 Å². The number of nitrogens with one attached hydrogen (secondary N) is 1. The summed E-state index contributed by atoms with van der Waals surface area (Å²) in [4.78, 5) is 11.0. The number of ketones is 1. The molecule has 0 aromatic heterocycles. The summed E-state index contributed by atoms with van der Waals surface area (Å²) in [6, 6.07) is 1.06. The van der Waals surface area contributed by atoms with Gasteiger partial charge in [0.25, 0.3) is 0 Å². The van der Waals surface area contributed by atoms with Crippen LogP contribution in [0, 0.1) is 0 Å². The van der Waals surface area contributed by atoms with E-state index in [-0.39, 0.29) is 12.4 Å². The smallest absolute Gasteiger partial charge is 0.136 e. The molecule has 3 heteroatoms. The molecule has 0 amide bonds. The highest BCUT2D eigenvalue weighted by Crippen LogP contribution is 2.22. The molecular weight excluding hydrogens is 162 g/mol. The normalized spacial score (nSPS) is 36.2. The number of hydrogen-bond acceptors (Lipinski definition) is 2. The van der Waals surface area contributed by atoms with E-state index in [1.54, 1.807) is 0 Å². The molecule has 2 aliphatic rings. The summed E-state index contributed by atoms with van der Waals surface area (Å²) in [6.45, 7) is 0. The SMILES string of the molecule is Cl.O=C1C[C@H]2CCC[C@@H](C1)N2. The third kappa shape index (κ3) is 1.94. The summed E-state index contributed by atoms with van der Waals surface area (Å²) in [6.07, 6.45) is 5.31. The molecule has 0 spiro atoms. The molecule has 2 saturated heterocycles. The Bertz CT molecular complexity index is 146. The minimum absolute atomic E-state index is 0.